The molecule has 7 heteroatoms. The Kier molecular flexibility index (Phi) is 8.29. The summed E-state index contributed by atoms with van der Waals surface area (Å²) in [6.45, 7) is 0. The Morgan fingerprint density at radius 1 is 1.09 bits per heavy atom. The van der Waals surface area contributed by atoms with Gasteiger partial charge in [-0.05, 0) is 48.9 Å². The van der Waals surface area contributed by atoms with Crippen molar-refractivity contribution < 1.29 is 23.5 Å². The zero-order valence-corrected chi connectivity index (χ0v) is 20.1. The van der Waals surface area contributed by atoms with Crippen LogP contribution in [-0.4, -0.2) is 35.8 Å². The standard InChI is InChI=1S/C28H32N2O5/c1-34-28(33)21-14-16-22-24(18-21)35-27(30-22)26(32)23(15-12-19-8-4-2-5-9-19)29-25(31)17-13-20-10-6-3-7-11-20/h2,4-5,8-9,14,16,18,20,23H,3,6-7,10-13,15,17H2,1H3,(H,29,31)/t23-/m0/s1. The van der Waals surface area contributed by atoms with Crippen LogP contribution in [0.2, 0.25) is 0 Å². The smallest absolute Gasteiger partial charge is 0.337 e. The number of aryl methyl sites for hydroxylation is 1. The Labute approximate surface area is 205 Å². The highest BCUT2D eigenvalue weighted by atomic mass is 16.5. The molecule has 1 aliphatic carbocycles. The monoisotopic (exact) mass is 476 g/mol. The van der Waals surface area contributed by atoms with Crippen molar-refractivity contribution in [1.82, 2.24) is 10.3 Å². The summed E-state index contributed by atoms with van der Waals surface area (Å²) in [4.78, 5) is 42.3. The maximum absolute atomic E-state index is 13.4. The Hall–Kier alpha value is -3.48. The average Bonchev–Trinajstić information content (AvgIpc) is 3.33. The second-order valence-corrected chi connectivity index (χ2v) is 9.24. The van der Waals surface area contributed by atoms with Crippen LogP contribution in [0.1, 0.15) is 78.0 Å². The molecule has 1 saturated carbocycles. The molecule has 1 aliphatic rings. The van der Waals surface area contributed by atoms with Crippen LogP contribution in [0.25, 0.3) is 11.1 Å². The summed E-state index contributed by atoms with van der Waals surface area (Å²) in [6.07, 6.45) is 8.45. The summed E-state index contributed by atoms with van der Waals surface area (Å²) in [6, 6.07) is 13.8. The van der Waals surface area contributed by atoms with Crippen molar-refractivity contribution in [3.63, 3.8) is 0 Å². The van der Waals surface area contributed by atoms with Crippen LogP contribution in [0.4, 0.5) is 0 Å². The SMILES string of the molecule is COC(=O)c1ccc2nc(C(=O)[C@H](CCc3ccccc3)NC(=O)CCC3CCCCC3)oc2c1. The maximum Gasteiger partial charge on any atom is 0.337 e. The minimum atomic E-state index is -0.748. The molecule has 0 aliphatic heterocycles. The zero-order valence-electron chi connectivity index (χ0n) is 20.1. The highest BCUT2D eigenvalue weighted by Crippen LogP contribution is 2.27. The first kappa shape index (κ1) is 24.6. The number of esters is 1. The van der Waals surface area contributed by atoms with E-state index < -0.39 is 12.0 Å². The van der Waals surface area contributed by atoms with Crippen LogP contribution >= 0.6 is 0 Å². The van der Waals surface area contributed by atoms with Crippen LogP contribution in [-0.2, 0) is 16.0 Å². The van der Waals surface area contributed by atoms with Crippen molar-refractivity contribution in [1.29, 1.82) is 0 Å². The molecular formula is C28H32N2O5. The Bertz CT molecular complexity index is 1160. The molecule has 0 radical (unpaired) electrons. The van der Waals surface area contributed by atoms with Gasteiger partial charge in [-0.1, -0.05) is 62.4 Å². The molecule has 1 fully saturated rings. The van der Waals surface area contributed by atoms with E-state index in [4.69, 9.17) is 9.15 Å². The minimum absolute atomic E-state index is 0.0762. The number of methoxy groups -OCH3 is 1. The minimum Gasteiger partial charge on any atom is -0.465 e. The molecule has 2 aromatic carbocycles. The summed E-state index contributed by atoms with van der Waals surface area (Å²) < 4.78 is 10.5. The van der Waals surface area contributed by atoms with Gasteiger partial charge in [-0.2, -0.15) is 0 Å². The first-order valence-electron chi connectivity index (χ1n) is 12.4. The fourth-order valence-corrected chi connectivity index (χ4v) is 4.73. The van der Waals surface area contributed by atoms with E-state index in [0.717, 1.165) is 12.0 Å². The van der Waals surface area contributed by atoms with Crippen LogP contribution in [0.3, 0.4) is 0 Å². The molecule has 1 atom stereocenters. The second kappa shape index (κ2) is 11.8. The number of oxazole rings is 1. The van der Waals surface area contributed by atoms with Crippen molar-refractivity contribution in [3.05, 3.63) is 65.5 Å². The number of carbonyl (C=O) groups excluding carboxylic acids is 3. The molecule has 184 valence electrons. The van der Waals surface area contributed by atoms with Gasteiger partial charge in [0.25, 0.3) is 5.89 Å². The van der Waals surface area contributed by atoms with Crippen molar-refractivity contribution in [2.75, 3.05) is 7.11 Å². The predicted molar refractivity (Wildman–Crippen MR) is 132 cm³/mol. The number of ether oxygens (including phenoxy) is 1. The Balaban J connectivity index is 1.48. The van der Waals surface area contributed by atoms with Gasteiger partial charge in [-0.25, -0.2) is 9.78 Å². The predicted octanol–water partition coefficient (Wildman–Crippen LogP) is 5.28. The lowest BCUT2D eigenvalue weighted by Gasteiger charge is -2.22. The van der Waals surface area contributed by atoms with Crippen LogP contribution < -0.4 is 5.32 Å². The maximum atomic E-state index is 13.4. The van der Waals surface area contributed by atoms with E-state index in [1.54, 1.807) is 12.1 Å². The number of carbonyl (C=O) groups is 3. The molecule has 1 N–H and O–H groups in total. The summed E-state index contributed by atoms with van der Waals surface area (Å²) in [7, 11) is 1.30. The number of benzene rings is 2. The van der Waals surface area contributed by atoms with Crippen molar-refractivity contribution in [2.24, 2.45) is 5.92 Å². The second-order valence-electron chi connectivity index (χ2n) is 9.24. The summed E-state index contributed by atoms with van der Waals surface area (Å²) >= 11 is 0. The first-order chi connectivity index (χ1) is 17.0. The van der Waals surface area contributed by atoms with E-state index in [2.05, 4.69) is 10.3 Å². The average molecular weight is 477 g/mol. The van der Waals surface area contributed by atoms with Crippen molar-refractivity contribution in [3.8, 4) is 0 Å². The molecule has 1 heterocycles. The van der Waals surface area contributed by atoms with E-state index in [1.165, 1.54) is 45.3 Å². The summed E-state index contributed by atoms with van der Waals surface area (Å²) in [5.41, 5.74) is 2.18. The quantitative estimate of drug-likeness (QED) is 0.316. The fraction of sp³-hybridized carbons (Fsp3) is 0.429. The van der Waals surface area contributed by atoms with E-state index in [-0.39, 0.29) is 17.6 Å². The highest BCUT2D eigenvalue weighted by molar-refractivity contribution is 6.00. The van der Waals surface area contributed by atoms with Gasteiger partial charge in [0.2, 0.25) is 11.7 Å². The van der Waals surface area contributed by atoms with E-state index in [9.17, 15) is 14.4 Å². The molecule has 0 unspecified atom stereocenters. The number of hydrogen-bond donors (Lipinski definition) is 1. The normalized spacial score (nSPS) is 15.0. The third-order valence-corrected chi connectivity index (χ3v) is 6.74. The van der Waals surface area contributed by atoms with Gasteiger partial charge in [-0.15, -0.1) is 0 Å². The third-order valence-electron chi connectivity index (χ3n) is 6.74. The Morgan fingerprint density at radius 3 is 2.60 bits per heavy atom. The van der Waals surface area contributed by atoms with E-state index >= 15 is 0 Å². The van der Waals surface area contributed by atoms with Gasteiger partial charge in [0.05, 0.1) is 18.7 Å². The van der Waals surface area contributed by atoms with E-state index in [1.807, 2.05) is 30.3 Å². The number of nitrogens with one attached hydrogen (secondary N) is 1. The lowest BCUT2D eigenvalue weighted by Crippen LogP contribution is -2.41. The van der Waals surface area contributed by atoms with Crippen molar-refractivity contribution >= 4 is 28.8 Å². The van der Waals surface area contributed by atoms with Gasteiger partial charge < -0.3 is 14.5 Å². The molecular weight excluding hydrogens is 444 g/mol. The number of nitrogens with zero attached hydrogens (tertiary/aromatic N) is 1. The topological polar surface area (TPSA) is 98.5 Å². The largest absolute Gasteiger partial charge is 0.465 e. The third kappa shape index (κ3) is 6.56. The lowest BCUT2D eigenvalue weighted by molar-refractivity contribution is -0.122. The zero-order chi connectivity index (χ0) is 24.6. The molecule has 0 spiro atoms. The first-order valence-corrected chi connectivity index (χ1v) is 12.4. The number of hydrogen-bond acceptors (Lipinski definition) is 6. The molecule has 4 rings (SSSR count). The van der Waals surface area contributed by atoms with E-state index in [0.29, 0.717) is 41.8 Å². The Morgan fingerprint density at radius 2 is 1.86 bits per heavy atom. The van der Waals surface area contributed by atoms with Gasteiger partial charge in [-0.3, -0.25) is 9.59 Å². The van der Waals surface area contributed by atoms with Crippen LogP contribution in [0.15, 0.2) is 52.9 Å². The number of fused-ring (bicyclic) bond motifs is 1. The molecule has 0 saturated heterocycles. The number of aromatic nitrogens is 1. The summed E-state index contributed by atoms with van der Waals surface area (Å²) in [5, 5.41) is 2.95. The van der Waals surface area contributed by atoms with Crippen molar-refractivity contribution in [2.45, 2.75) is 63.8 Å². The molecule has 35 heavy (non-hydrogen) atoms. The summed E-state index contributed by atoms with van der Waals surface area (Å²) in [5.74, 6) is -0.474. The van der Waals surface area contributed by atoms with Gasteiger partial charge >= 0.3 is 5.97 Å². The van der Waals surface area contributed by atoms with Crippen LogP contribution in [0, 0.1) is 5.92 Å². The van der Waals surface area contributed by atoms with Gasteiger partial charge in [0, 0.05) is 6.42 Å². The number of ketones is 1. The van der Waals surface area contributed by atoms with Gasteiger partial charge in [0.1, 0.15) is 5.52 Å². The lowest BCUT2D eigenvalue weighted by atomic mass is 9.86. The highest BCUT2D eigenvalue weighted by Gasteiger charge is 2.27. The van der Waals surface area contributed by atoms with Crippen LogP contribution in [0.5, 0.6) is 0 Å². The fourth-order valence-electron chi connectivity index (χ4n) is 4.73. The molecule has 1 amide bonds. The molecule has 0 bridgehead atoms. The number of Topliss-reactive ketones (excluding diaryl/α,β-unsaturated/α-hetero) is 1. The molecule has 3 aromatic rings. The molecule has 1 aromatic heterocycles. The molecule has 7 nitrogen and oxygen atoms in total. The number of amides is 1. The number of rotatable bonds is 10. The van der Waals surface area contributed by atoms with Gasteiger partial charge in [0.15, 0.2) is 5.58 Å².